The van der Waals surface area contributed by atoms with Gasteiger partial charge < -0.3 is 9.88 Å². The van der Waals surface area contributed by atoms with Crippen LogP contribution in [0.3, 0.4) is 0 Å². The van der Waals surface area contributed by atoms with Crippen LogP contribution in [-0.2, 0) is 21.4 Å². The number of carbonyl (C=O) groups excluding carboxylic acids is 1. The van der Waals surface area contributed by atoms with E-state index in [1.165, 1.54) is 16.6 Å². The number of hydrogen-bond donors (Lipinski definition) is 1. The maximum absolute atomic E-state index is 12.6. The first-order valence-electron chi connectivity index (χ1n) is 8.14. The molecule has 0 fully saturated rings. The number of nitrogens with one attached hydrogen (secondary N) is 1. The number of aromatic nitrogens is 1. The molecule has 0 atom stereocenters. The number of pyridine rings is 1. The van der Waals surface area contributed by atoms with Crippen LogP contribution in [0.15, 0.2) is 50.7 Å². The summed E-state index contributed by atoms with van der Waals surface area (Å²) in [5, 5.41) is 2.94. The number of sulfonamides is 1. The molecule has 1 aromatic carbocycles. The highest BCUT2D eigenvalue weighted by molar-refractivity contribution is 9.10. The number of hydrogen-bond acceptors (Lipinski definition) is 4. The third-order valence-corrected chi connectivity index (χ3v) is 6.66. The Hall–Kier alpha value is -1.68. The fraction of sp³-hybridized carbons (Fsp3) is 0.294. The summed E-state index contributed by atoms with van der Waals surface area (Å²) in [5.74, 6) is -0.501. The predicted octanol–water partition coefficient (Wildman–Crippen LogP) is 2.93. The van der Waals surface area contributed by atoms with E-state index in [1.807, 2.05) is 0 Å². The molecule has 146 valence electrons. The second-order valence-electron chi connectivity index (χ2n) is 5.59. The van der Waals surface area contributed by atoms with E-state index in [1.54, 1.807) is 32.0 Å². The van der Waals surface area contributed by atoms with Crippen molar-refractivity contribution in [1.82, 2.24) is 8.87 Å². The molecular weight excluding hydrogens is 458 g/mol. The Morgan fingerprint density at radius 3 is 2.48 bits per heavy atom. The van der Waals surface area contributed by atoms with E-state index >= 15 is 0 Å². The number of carbonyl (C=O) groups is 1. The van der Waals surface area contributed by atoms with Crippen molar-refractivity contribution in [1.29, 1.82) is 0 Å². The number of amides is 1. The van der Waals surface area contributed by atoms with Crippen molar-refractivity contribution in [3.05, 3.63) is 56.4 Å². The van der Waals surface area contributed by atoms with Crippen LogP contribution in [0.5, 0.6) is 0 Å². The SMILES string of the molecule is CCN(CC)S(=O)(=O)c1ccc(=O)n(CC(=O)Nc2ccc(Br)cc2Cl)c1. The molecule has 0 saturated heterocycles. The predicted molar refractivity (Wildman–Crippen MR) is 109 cm³/mol. The molecule has 1 amide bonds. The summed E-state index contributed by atoms with van der Waals surface area (Å²) >= 11 is 9.33. The maximum Gasteiger partial charge on any atom is 0.251 e. The highest BCUT2D eigenvalue weighted by Crippen LogP contribution is 2.25. The molecule has 0 spiro atoms. The van der Waals surface area contributed by atoms with Gasteiger partial charge in [0.05, 0.1) is 15.6 Å². The van der Waals surface area contributed by atoms with Crippen LogP contribution in [0, 0.1) is 0 Å². The Morgan fingerprint density at radius 1 is 1.22 bits per heavy atom. The van der Waals surface area contributed by atoms with Gasteiger partial charge in [0.1, 0.15) is 6.54 Å². The van der Waals surface area contributed by atoms with Gasteiger partial charge in [0.25, 0.3) is 5.56 Å². The average molecular weight is 477 g/mol. The highest BCUT2D eigenvalue weighted by atomic mass is 79.9. The van der Waals surface area contributed by atoms with E-state index < -0.39 is 21.5 Å². The van der Waals surface area contributed by atoms with Crippen LogP contribution < -0.4 is 10.9 Å². The minimum atomic E-state index is -3.73. The fourth-order valence-corrected chi connectivity index (χ4v) is 4.63. The summed E-state index contributed by atoms with van der Waals surface area (Å²) in [6.45, 7) is 3.73. The first-order chi connectivity index (χ1) is 12.7. The lowest BCUT2D eigenvalue weighted by Gasteiger charge is -2.19. The third-order valence-electron chi connectivity index (χ3n) is 3.82. The molecule has 0 aliphatic rings. The Bertz CT molecular complexity index is 1000. The first kappa shape index (κ1) is 21.6. The Morgan fingerprint density at radius 2 is 1.89 bits per heavy atom. The lowest BCUT2D eigenvalue weighted by molar-refractivity contribution is -0.116. The van der Waals surface area contributed by atoms with Crippen molar-refractivity contribution >= 4 is 49.1 Å². The molecule has 27 heavy (non-hydrogen) atoms. The van der Waals surface area contributed by atoms with E-state index in [2.05, 4.69) is 21.2 Å². The molecule has 1 aromatic heterocycles. The highest BCUT2D eigenvalue weighted by Gasteiger charge is 2.22. The quantitative estimate of drug-likeness (QED) is 0.665. The van der Waals surface area contributed by atoms with Crippen molar-refractivity contribution in [2.75, 3.05) is 18.4 Å². The van der Waals surface area contributed by atoms with E-state index in [9.17, 15) is 18.0 Å². The van der Waals surface area contributed by atoms with Crippen molar-refractivity contribution in [2.45, 2.75) is 25.3 Å². The van der Waals surface area contributed by atoms with Crippen LogP contribution in [0.25, 0.3) is 0 Å². The number of benzene rings is 1. The Balaban J connectivity index is 2.26. The largest absolute Gasteiger partial charge is 0.323 e. The third kappa shape index (κ3) is 5.19. The molecule has 0 saturated carbocycles. The second kappa shape index (κ2) is 9.01. The van der Waals surface area contributed by atoms with Gasteiger partial charge in [0, 0.05) is 29.8 Å². The fourth-order valence-electron chi connectivity index (χ4n) is 2.43. The number of rotatable bonds is 7. The smallest absolute Gasteiger partial charge is 0.251 e. The number of halogens is 2. The standard InChI is InChI=1S/C17H19BrClN3O4S/c1-3-22(4-2)27(25,26)13-6-8-17(24)21(10-13)11-16(23)20-15-7-5-12(18)9-14(15)19/h5-10H,3-4,11H2,1-2H3,(H,20,23). The lowest BCUT2D eigenvalue weighted by Crippen LogP contribution is -2.33. The molecule has 0 aliphatic carbocycles. The normalized spacial score (nSPS) is 11.6. The zero-order valence-corrected chi connectivity index (χ0v) is 17.9. The summed E-state index contributed by atoms with van der Waals surface area (Å²) in [6, 6.07) is 7.34. The summed E-state index contributed by atoms with van der Waals surface area (Å²) < 4.78 is 28.3. The number of nitrogens with zero attached hydrogens (tertiary/aromatic N) is 2. The van der Waals surface area contributed by atoms with Gasteiger partial charge >= 0.3 is 0 Å². The molecule has 2 aromatic rings. The lowest BCUT2D eigenvalue weighted by atomic mass is 10.3. The van der Waals surface area contributed by atoms with Gasteiger partial charge in [0.2, 0.25) is 15.9 Å². The van der Waals surface area contributed by atoms with E-state index in [-0.39, 0.29) is 11.4 Å². The molecule has 0 bridgehead atoms. The van der Waals surface area contributed by atoms with Crippen LogP contribution in [0.4, 0.5) is 5.69 Å². The van der Waals surface area contributed by atoms with Crippen molar-refractivity contribution in [3.8, 4) is 0 Å². The molecular formula is C17H19BrClN3O4S. The van der Waals surface area contributed by atoms with Gasteiger partial charge in [-0.25, -0.2) is 8.42 Å². The summed E-state index contributed by atoms with van der Waals surface area (Å²) in [6.07, 6.45) is 1.18. The monoisotopic (exact) mass is 475 g/mol. The molecule has 7 nitrogen and oxygen atoms in total. The topological polar surface area (TPSA) is 88.5 Å². The molecule has 1 heterocycles. The minimum Gasteiger partial charge on any atom is -0.323 e. The summed E-state index contributed by atoms with van der Waals surface area (Å²) in [4.78, 5) is 24.3. The Labute approximate surface area is 171 Å². The molecule has 10 heteroatoms. The summed E-state index contributed by atoms with van der Waals surface area (Å²) in [7, 11) is -3.73. The average Bonchev–Trinajstić information content (AvgIpc) is 2.60. The van der Waals surface area contributed by atoms with Gasteiger partial charge in [-0.3, -0.25) is 9.59 Å². The van der Waals surface area contributed by atoms with Gasteiger partial charge in [-0.05, 0) is 24.3 Å². The molecule has 1 N–H and O–H groups in total. The van der Waals surface area contributed by atoms with Crippen LogP contribution in [-0.4, -0.2) is 36.3 Å². The van der Waals surface area contributed by atoms with Crippen LogP contribution >= 0.6 is 27.5 Å². The van der Waals surface area contributed by atoms with E-state index in [0.29, 0.717) is 23.8 Å². The van der Waals surface area contributed by atoms with Crippen LogP contribution in [0.1, 0.15) is 13.8 Å². The van der Waals surface area contributed by atoms with E-state index in [4.69, 9.17) is 11.6 Å². The van der Waals surface area contributed by atoms with E-state index in [0.717, 1.165) is 15.1 Å². The second-order valence-corrected chi connectivity index (χ2v) is 8.85. The van der Waals surface area contributed by atoms with Crippen molar-refractivity contribution < 1.29 is 13.2 Å². The van der Waals surface area contributed by atoms with Gasteiger partial charge in [0.15, 0.2) is 0 Å². The van der Waals surface area contributed by atoms with Crippen LogP contribution in [0.2, 0.25) is 5.02 Å². The molecule has 0 aliphatic heterocycles. The maximum atomic E-state index is 12.6. The first-order valence-corrected chi connectivity index (χ1v) is 10.8. The number of anilines is 1. The molecule has 0 unspecified atom stereocenters. The zero-order valence-electron chi connectivity index (χ0n) is 14.8. The van der Waals surface area contributed by atoms with Crippen molar-refractivity contribution in [2.24, 2.45) is 0 Å². The molecule has 0 radical (unpaired) electrons. The zero-order chi connectivity index (χ0) is 20.2. The summed E-state index contributed by atoms with van der Waals surface area (Å²) in [5.41, 5.74) is -0.0876. The minimum absolute atomic E-state index is 0.0414. The van der Waals surface area contributed by atoms with Gasteiger partial charge in [-0.15, -0.1) is 0 Å². The van der Waals surface area contributed by atoms with Crippen molar-refractivity contribution in [3.63, 3.8) is 0 Å². The van der Waals surface area contributed by atoms with Gasteiger partial charge in [-0.2, -0.15) is 4.31 Å². The Kier molecular flexibility index (Phi) is 7.21. The van der Waals surface area contributed by atoms with Gasteiger partial charge in [-0.1, -0.05) is 41.4 Å². The molecule has 2 rings (SSSR count).